The van der Waals surface area contributed by atoms with Crippen LogP contribution in [-0.4, -0.2) is 51.1 Å². The van der Waals surface area contributed by atoms with Crippen LogP contribution in [0.3, 0.4) is 0 Å². The molecule has 4 heterocycles. The van der Waals surface area contributed by atoms with Crippen molar-refractivity contribution in [3.63, 3.8) is 0 Å². The van der Waals surface area contributed by atoms with E-state index < -0.39 is 26.0 Å². The number of alkyl halides is 1. The number of aromatic nitrogens is 6. The average Bonchev–Trinajstić information content (AvgIpc) is 3.74. The number of pyridine rings is 2. The molecule has 15 heteroatoms. The van der Waals surface area contributed by atoms with E-state index in [1.165, 1.54) is 48.9 Å². The second-order valence-corrected chi connectivity index (χ2v) is 14.1. The summed E-state index contributed by atoms with van der Waals surface area (Å²) < 4.78 is 55.7. The van der Waals surface area contributed by atoms with Crippen LogP contribution >= 0.6 is 11.6 Å². The van der Waals surface area contributed by atoms with Gasteiger partial charge < -0.3 is 5.32 Å². The minimum absolute atomic E-state index is 0.0261. The number of anilines is 1. The van der Waals surface area contributed by atoms with Crippen LogP contribution in [0.25, 0.3) is 33.1 Å². The summed E-state index contributed by atoms with van der Waals surface area (Å²) in [6.45, 7) is 0. The van der Waals surface area contributed by atoms with E-state index in [1.807, 2.05) is 0 Å². The number of hydrogen-bond donors (Lipinski definition) is 1. The quantitative estimate of drug-likeness (QED) is 0.210. The zero-order chi connectivity index (χ0) is 32.8. The Labute approximate surface area is 273 Å². The van der Waals surface area contributed by atoms with Gasteiger partial charge in [-0.2, -0.15) is 31.1 Å². The van der Waals surface area contributed by atoms with Crippen molar-refractivity contribution in [1.29, 1.82) is 0 Å². The smallest absolute Gasteiger partial charge is 0.284 e. The fourth-order valence-corrected chi connectivity index (χ4v) is 7.73. The van der Waals surface area contributed by atoms with Crippen molar-refractivity contribution >= 4 is 65.2 Å². The highest BCUT2D eigenvalue weighted by molar-refractivity contribution is 7.90. The molecule has 7 aromatic rings. The van der Waals surface area contributed by atoms with Gasteiger partial charge in [-0.1, -0.05) is 42.5 Å². The Morgan fingerprint density at radius 2 is 1.38 bits per heavy atom. The monoisotopic (exact) mass is 683 g/mol. The molecule has 7 rings (SSSR count). The predicted molar refractivity (Wildman–Crippen MR) is 176 cm³/mol. The van der Waals surface area contributed by atoms with E-state index in [-0.39, 0.29) is 38.2 Å². The first-order valence-electron chi connectivity index (χ1n) is 14.0. The van der Waals surface area contributed by atoms with E-state index in [1.54, 1.807) is 66.7 Å². The van der Waals surface area contributed by atoms with Crippen molar-refractivity contribution in [1.82, 2.24) is 28.3 Å². The second kappa shape index (κ2) is 11.7. The van der Waals surface area contributed by atoms with E-state index in [9.17, 15) is 21.6 Å². The van der Waals surface area contributed by atoms with Gasteiger partial charge in [0.05, 0.1) is 45.0 Å². The van der Waals surface area contributed by atoms with Crippen molar-refractivity contribution in [3.05, 3.63) is 127 Å². The van der Waals surface area contributed by atoms with Crippen LogP contribution in [-0.2, 0) is 25.9 Å². The van der Waals surface area contributed by atoms with Crippen LogP contribution in [0.4, 0.5) is 5.69 Å². The van der Waals surface area contributed by atoms with Crippen molar-refractivity contribution in [2.24, 2.45) is 0 Å². The minimum Gasteiger partial charge on any atom is -0.320 e. The van der Waals surface area contributed by atoms with Crippen LogP contribution in [0.1, 0.15) is 16.2 Å². The molecule has 0 aliphatic rings. The average molecular weight is 684 g/mol. The first kappa shape index (κ1) is 30.2. The highest BCUT2D eigenvalue weighted by atomic mass is 35.5. The van der Waals surface area contributed by atoms with Gasteiger partial charge in [0, 0.05) is 22.5 Å². The topological polar surface area (TPSA) is 159 Å². The Bertz CT molecular complexity index is 2540. The molecular formula is C32H22ClN7O5S2. The molecule has 0 fully saturated rings. The Morgan fingerprint density at radius 1 is 0.723 bits per heavy atom. The van der Waals surface area contributed by atoms with Gasteiger partial charge in [0.2, 0.25) is 0 Å². The number of nitrogens with zero attached hydrogens (tertiary/aromatic N) is 6. The molecule has 234 valence electrons. The van der Waals surface area contributed by atoms with Crippen LogP contribution in [0.15, 0.2) is 125 Å². The second-order valence-electron chi connectivity index (χ2n) is 10.3. The van der Waals surface area contributed by atoms with Crippen molar-refractivity contribution in [2.45, 2.75) is 15.7 Å². The molecule has 4 aromatic heterocycles. The fourth-order valence-electron chi connectivity index (χ4n) is 5.05. The Kier molecular flexibility index (Phi) is 7.54. The van der Waals surface area contributed by atoms with Crippen LogP contribution < -0.4 is 5.32 Å². The SMILES string of the molecule is O=C(Nc1cc(-c2cnc3c(cnn3S(=O)(=O)c3ccccc3)c2)cc2c1cnn2S(=O)(=O)c1ccccc1)c1cccc(CCl)n1. The van der Waals surface area contributed by atoms with Gasteiger partial charge in [-0.3, -0.25) is 4.79 Å². The molecule has 3 aromatic carbocycles. The third-order valence-corrected chi connectivity index (χ3v) is 10.8. The van der Waals surface area contributed by atoms with Gasteiger partial charge in [-0.15, -0.1) is 15.7 Å². The zero-order valence-corrected chi connectivity index (χ0v) is 26.5. The molecule has 0 bridgehead atoms. The van der Waals surface area contributed by atoms with E-state index in [4.69, 9.17) is 11.6 Å². The number of amides is 1. The van der Waals surface area contributed by atoms with Crippen molar-refractivity contribution < 1.29 is 21.6 Å². The summed E-state index contributed by atoms with van der Waals surface area (Å²) in [6.07, 6.45) is 4.19. The predicted octanol–water partition coefficient (Wildman–Crippen LogP) is 5.31. The molecule has 1 amide bonds. The molecule has 0 aliphatic heterocycles. The van der Waals surface area contributed by atoms with Gasteiger partial charge in [0.1, 0.15) is 5.69 Å². The minimum atomic E-state index is -4.13. The summed E-state index contributed by atoms with van der Waals surface area (Å²) in [5.41, 5.74) is 2.14. The first-order valence-corrected chi connectivity index (χ1v) is 17.4. The van der Waals surface area contributed by atoms with Gasteiger partial charge in [-0.25, -0.2) is 9.97 Å². The summed E-state index contributed by atoms with van der Waals surface area (Å²) in [6, 6.07) is 25.6. The number of fused-ring (bicyclic) bond motifs is 2. The van der Waals surface area contributed by atoms with E-state index in [0.717, 1.165) is 8.17 Å². The molecule has 47 heavy (non-hydrogen) atoms. The lowest BCUT2D eigenvalue weighted by atomic mass is 10.0. The van der Waals surface area contributed by atoms with Crippen LogP contribution in [0.2, 0.25) is 0 Å². The number of benzene rings is 3. The lowest BCUT2D eigenvalue weighted by Crippen LogP contribution is -2.15. The molecule has 1 N–H and O–H groups in total. The number of nitrogens with one attached hydrogen (secondary N) is 1. The van der Waals surface area contributed by atoms with Gasteiger partial charge in [0.15, 0.2) is 5.65 Å². The van der Waals surface area contributed by atoms with Crippen LogP contribution in [0.5, 0.6) is 0 Å². The van der Waals surface area contributed by atoms with E-state index in [2.05, 4.69) is 25.5 Å². The summed E-state index contributed by atoms with van der Waals surface area (Å²) in [4.78, 5) is 22.1. The Hall–Kier alpha value is -5.44. The highest BCUT2D eigenvalue weighted by Gasteiger charge is 2.24. The van der Waals surface area contributed by atoms with Crippen LogP contribution in [0, 0.1) is 0 Å². The maximum atomic E-state index is 13.7. The third-order valence-electron chi connectivity index (χ3n) is 7.33. The molecule has 0 aliphatic carbocycles. The number of carbonyl (C=O) groups excluding carboxylic acids is 1. The number of hydrogen-bond acceptors (Lipinski definition) is 9. The maximum absolute atomic E-state index is 13.7. The molecule has 0 saturated carbocycles. The molecular weight excluding hydrogens is 662 g/mol. The Balaban J connectivity index is 1.37. The summed E-state index contributed by atoms with van der Waals surface area (Å²) in [5.74, 6) is -0.431. The van der Waals surface area contributed by atoms with Gasteiger partial charge >= 0.3 is 0 Å². The fraction of sp³-hybridized carbons (Fsp3) is 0.0312. The lowest BCUT2D eigenvalue weighted by Gasteiger charge is -2.12. The maximum Gasteiger partial charge on any atom is 0.284 e. The number of rotatable bonds is 8. The van der Waals surface area contributed by atoms with E-state index >= 15 is 0 Å². The van der Waals surface area contributed by atoms with E-state index in [0.29, 0.717) is 27.6 Å². The standard InChI is InChI=1S/C32H22ClN7O5S2/c33-17-24-8-7-13-28(37-24)32(41)38-29-15-21(16-30-27(29)20-36-39(30)46(42,43)25-9-3-1-4-10-25)22-14-23-19-35-40(31(23)34-18-22)47(44,45)26-11-5-2-6-12-26/h1-16,18-20H,17H2,(H,38,41). The molecule has 0 saturated heterocycles. The van der Waals surface area contributed by atoms with Crippen molar-refractivity contribution in [2.75, 3.05) is 5.32 Å². The molecule has 0 unspecified atom stereocenters. The largest absolute Gasteiger partial charge is 0.320 e. The normalized spacial score (nSPS) is 12.0. The molecule has 0 spiro atoms. The first-order chi connectivity index (χ1) is 22.7. The molecule has 0 atom stereocenters. The van der Waals surface area contributed by atoms with Gasteiger partial charge in [0.25, 0.3) is 26.0 Å². The summed E-state index contributed by atoms with van der Waals surface area (Å²) >= 11 is 5.92. The van der Waals surface area contributed by atoms with Crippen molar-refractivity contribution in [3.8, 4) is 11.1 Å². The summed E-state index contributed by atoms with van der Waals surface area (Å²) in [7, 11) is -8.15. The molecule has 12 nitrogen and oxygen atoms in total. The van der Waals surface area contributed by atoms with Gasteiger partial charge in [-0.05, 0) is 60.2 Å². The highest BCUT2D eigenvalue weighted by Crippen LogP contribution is 2.34. The Morgan fingerprint density at radius 3 is 2.06 bits per heavy atom. The lowest BCUT2D eigenvalue weighted by molar-refractivity contribution is 0.102. The number of carbonyl (C=O) groups is 1. The number of halogens is 1. The summed E-state index contributed by atoms with van der Waals surface area (Å²) in [5, 5.41) is 11.9. The third kappa shape index (κ3) is 5.41. The zero-order valence-electron chi connectivity index (χ0n) is 24.1. The molecule has 0 radical (unpaired) electrons.